The molecule has 2 aromatic carbocycles. The molecule has 0 aliphatic heterocycles. The second-order valence-corrected chi connectivity index (χ2v) is 7.41. The SMILES string of the molecule is O=C(N/N=C\c1ccc(-c2ccc([N+](=O)[O-])cc2Br)o1)c1cc2cc(Cl)ccc2o1. The number of hydrazone groups is 1. The molecule has 0 unspecified atom stereocenters. The number of nitrogens with one attached hydrogen (secondary N) is 1. The number of furan rings is 2. The Bertz CT molecular complexity index is 1310. The predicted molar refractivity (Wildman–Crippen MR) is 115 cm³/mol. The maximum atomic E-state index is 12.2. The Kier molecular flexibility index (Phi) is 5.39. The molecule has 10 heteroatoms. The average molecular weight is 489 g/mol. The standard InChI is InChI=1S/C20H11BrClN3O5/c21-16-9-13(25(27)28)2-4-15(16)18-6-3-14(29-18)10-23-24-20(26)19-8-11-7-12(22)1-5-17(11)30-19/h1-10H,(H,24,26)/b23-10-. The predicted octanol–water partition coefficient (Wildman–Crippen LogP) is 5.78. The fraction of sp³-hybridized carbons (Fsp3) is 0. The summed E-state index contributed by atoms with van der Waals surface area (Å²) in [6.45, 7) is 0. The van der Waals surface area contributed by atoms with E-state index in [1.807, 2.05) is 0 Å². The Balaban J connectivity index is 1.45. The summed E-state index contributed by atoms with van der Waals surface area (Å²) < 4.78 is 11.7. The number of nitrogens with zero attached hydrogens (tertiary/aromatic N) is 2. The molecule has 2 aromatic heterocycles. The maximum absolute atomic E-state index is 12.2. The number of halogens is 2. The molecule has 0 saturated heterocycles. The van der Waals surface area contributed by atoms with E-state index in [0.717, 1.165) is 0 Å². The molecule has 1 amide bonds. The lowest BCUT2D eigenvalue weighted by molar-refractivity contribution is -0.384. The summed E-state index contributed by atoms with van der Waals surface area (Å²) in [5.74, 6) is 0.438. The summed E-state index contributed by atoms with van der Waals surface area (Å²) in [7, 11) is 0. The number of amides is 1. The van der Waals surface area contributed by atoms with Gasteiger partial charge in [-0.1, -0.05) is 11.6 Å². The Hall–Kier alpha value is -3.43. The zero-order chi connectivity index (χ0) is 21.3. The number of nitro benzene ring substituents is 1. The molecule has 0 atom stereocenters. The van der Waals surface area contributed by atoms with Crippen LogP contribution in [0.1, 0.15) is 16.3 Å². The molecule has 0 spiro atoms. The maximum Gasteiger partial charge on any atom is 0.307 e. The average Bonchev–Trinajstić information content (AvgIpc) is 3.34. The summed E-state index contributed by atoms with van der Waals surface area (Å²) >= 11 is 9.23. The lowest BCUT2D eigenvalue weighted by atomic mass is 10.1. The number of benzene rings is 2. The van der Waals surface area contributed by atoms with Crippen molar-refractivity contribution in [3.8, 4) is 11.3 Å². The van der Waals surface area contributed by atoms with Crippen LogP contribution in [0.4, 0.5) is 5.69 Å². The largest absolute Gasteiger partial charge is 0.455 e. The van der Waals surface area contributed by atoms with Crippen LogP contribution in [0, 0.1) is 10.1 Å². The molecule has 8 nitrogen and oxygen atoms in total. The fourth-order valence-corrected chi connectivity index (χ4v) is 3.46. The number of rotatable bonds is 5. The topological polar surface area (TPSA) is 111 Å². The van der Waals surface area contributed by atoms with E-state index in [2.05, 4.69) is 26.5 Å². The summed E-state index contributed by atoms with van der Waals surface area (Å²) in [5, 5.41) is 16.0. The molecular formula is C20H11BrClN3O5. The zero-order valence-corrected chi connectivity index (χ0v) is 17.3. The Morgan fingerprint density at radius 2 is 1.97 bits per heavy atom. The molecule has 0 bridgehead atoms. The van der Waals surface area contributed by atoms with Crippen molar-refractivity contribution in [1.82, 2.24) is 5.43 Å². The molecule has 0 fully saturated rings. The van der Waals surface area contributed by atoms with Crippen molar-refractivity contribution < 1.29 is 18.6 Å². The molecule has 2 heterocycles. The van der Waals surface area contributed by atoms with Crippen LogP contribution in [-0.2, 0) is 0 Å². The van der Waals surface area contributed by atoms with Gasteiger partial charge in [-0.2, -0.15) is 5.10 Å². The summed E-state index contributed by atoms with van der Waals surface area (Å²) in [5.41, 5.74) is 3.51. The van der Waals surface area contributed by atoms with Gasteiger partial charge in [0.15, 0.2) is 5.76 Å². The van der Waals surface area contributed by atoms with Gasteiger partial charge >= 0.3 is 5.91 Å². The first kappa shape index (κ1) is 19.9. The number of hydrogen-bond donors (Lipinski definition) is 1. The van der Waals surface area contributed by atoms with Gasteiger partial charge in [-0.15, -0.1) is 0 Å². The minimum absolute atomic E-state index is 0.0328. The highest BCUT2D eigenvalue weighted by molar-refractivity contribution is 9.10. The lowest BCUT2D eigenvalue weighted by Gasteiger charge is -2.00. The minimum atomic E-state index is -0.525. The Labute approximate surface area is 182 Å². The molecular weight excluding hydrogens is 478 g/mol. The van der Waals surface area contributed by atoms with Crippen LogP contribution >= 0.6 is 27.5 Å². The van der Waals surface area contributed by atoms with Crippen LogP contribution < -0.4 is 5.43 Å². The molecule has 30 heavy (non-hydrogen) atoms. The van der Waals surface area contributed by atoms with Crippen LogP contribution in [-0.4, -0.2) is 17.0 Å². The number of carbonyl (C=O) groups is 1. The molecule has 4 rings (SSSR count). The van der Waals surface area contributed by atoms with Crippen molar-refractivity contribution in [1.29, 1.82) is 0 Å². The third-order valence-corrected chi connectivity index (χ3v) is 5.01. The molecule has 1 N–H and O–H groups in total. The first-order valence-electron chi connectivity index (χ1n) is 8.47. The highest BCUT2D eigenvalue weighted by Crippen LogP contribution is 2.32. The summed E-state index contributed by atoms with van der Waals surface area (Å²) in [6.07, 6.45) is 1.33. The molecule has 150 valence electrons. The highest BCUT2D eigenvalue weighted by atomic mass is 79.9. The van der Waals surface area contributed by atoms with Crippen LogP contribution in [0.5, 0.6) is 0 Å². The number of hydrogen-bond acceptors (Lipinski definition) is 6. The van der Waals surface area contributed by atoms with E-state index in [0.29, 0.717) is 37.5 Å². The number of fused-ring (bicyclic) bond motifs is 1. The van der Waals surface area contributed by atoms with E-state index in [9.17, 15) is 14.9 Å². The number of non-ortho nitro benzene ring substituents is 1. The first-order valence-corrected chi connectivity index (χ1v) is 9.64. The van der Waals surface area contributed by atoms with Crippen molar-refractivity contribution in [2.75, 3.05) is 0 Å². The van der Waals surface area contributed by atoms with E-state index in [1.165, 1.54) is 18.3 Å². The van der Waals surface area contributed by atoms with Crippen molar-refractivity contribution in [3.05, 3.63) is 85.7 Å². The van der Waals surface area contributed by atoms with Gasteiger partial charge in [0, 0.05) is 32.6 Å². The third kappa shape index (κ3) is 4.12. The molecule has 0 aliphatic carbocycles. The smallest absolute Gasteiger partial charge is 0.307 e. The van der Waals surface area contributed by atoms with Crippen molar-refractivity contribution in [2.45, 2.75) is 0 Å². The third-order valence-electron chi connectivity index (χ3n) is 4.12. The van der Waals surface area contributed by atoms with Gasteiger partial charge in [-0.3, -0.25) is 14.9 Å². The highest BCUT2D eigenvalue weighted by Gasteiger charge is 2.14. The molecule has 0 aliphatic rings. The Morgan fingerprint density at radius 3 is 2.73 bits per heavy atom. The van der Waals surface area contributed by atoms with Crippen LogP contribution in [0.3, 0.4) is 0 Å². The van der Waals surface area contributed by atoms with Gasteiger partial charge in [0.05, 0.1) is 11.1 Å². The number of nitro groups is 1. The van der Waals surface area contributed by atoms with Crippen molar-refractivity contribution in [3.63, 3.8) is 0 Å². The second kappa shape index (κ2) is 8.13. The quantitative estimate of drug-likeness (QED) is 0.217. The lowest BCUT2D eigenvalue weighted by Crippen LogP contribution is -2.16. The van der Waals surface area contributed by atoms with Crippen LogP contribution in [0.2, 0.25) is 5.02 Å². The second-order valence-electron chi connectivity index (χ2n) is 6.12. The molecule has 0 saturated carbocycles. The van der Waals surface area contributed by atoms with Gasteiger partial charge in [-0.05, 0) is 58.4 Å². The molecule has 0 radical (unpaired) electrons. The zero-order valence-electron chi connectivity index (χ0n) is 15.0. The van der Waals surface area contributed by atoms with Crippen LogP contribution in [0.25, 0.3) is 22.3 Å². The summed E-state index contributed by atoms with van der Waals surface area (Å²) in [6, 6.07) is 14.3. The molecule has 4 aromatic rings. The fourth-order valence-electron chi connectivity index (χ4n) is 2.72. The van der Waals surface area contributed by atoms with E-state index in [-0.39, 0.29) is 11.4 Å². The first-order chi connectivity index (χ1) is 14.4. The normalized spacial score (nSPS) is 11.3. The van der Waals surface area contributed by atoms with Gasteiger partial charge in [0.2, 0.25) is 0 Å². The van der Waals surface area contributed by atoms with E-state index in [4.69, 9.17) is 20.4 Å². The van der Waals surface area contributed by atoms with Gasteiger partial charge < -0.3 is 8.83 Å². The van der Waals surface area contributed by atoms with Gasteiger partial charge in [-0.25, -0.2) is 5.43 Å². The van der Waals surface area contributed by atoms with Crippen molar-refractivity contribution in [2.24, 2.45) is 5.10 Å². The van der Waals surface area contributed by atoms with E-state index < -0.39 is 10.8 Å². The monoisotopic (exact) mass is 487 g/mol. The van der Waals surface area contributed by atoms with E-state index >= 15 is 0 Å². The van der Waals surface area contributed by atoms with Gasteiger partial charge in [0.25, 0.3) is 5.69 Å². The van der Waals surface area contributed by atoms with Crippen molar-refractivity contribution >= 4 is 56.3 Å². The minimum Gasteiger partial charge on any atom is -0.455 e. The van der Waals surface area contributed by atoms with Gasteiger partial charge in [0.1, 0.15) is 17.1 Å². The number of carbonyl (C=O) groups excluding carboxylic acids is 1. The van der Waals surface area contributed by atoms with Crippen LogP contribution in [0.15, 0.2) is 73.0 Å². The summed E-state index contributed by atoms with van der Waals surface area (Å²) in [4.78, 5) is 22.6. The van der Waals surface area contributed by atoms with E-state index in [1.54, 1.807) is 42.5 Å². The Morgan fingerprint density at radius 1 is 1.13 bits per heavy atom.